The smallest absolute Gasteiger partial charge is 0.119 e. The van der Waals surface area contributed by atoms with Gasteiger partial charge in [-0.15, -0.1) is 0 Å². The minimum absolute atomic E-state index is 0.268. The fraction of sp³-hybridized carbons (Fsp3) is 0.429. The van der Waals surface area contributed by atoms with E-state index in [0.29, 0.717) is 6.61 Å². The number of aryl methyl sites for hydroxylation is 3. The van der Waals surface area contributed by atoms with Crippen molar-refractivity contribution in [3.05, 3.63) is 65.2 Å². The van der Waals surface area contributed by atoms with E-state index in [9.17, 15) is 0 Å². The molecule has 0 saturated carbocycles. The SMILES string of the molecule is Cc1ccc(CCc2ccc(OCC3CCCCO3)cc2)cc1. The summed E-state index contributed by atoms with van der Waals surface area (Å²) in [5, 5.41) is 0. The zero-order valence-corrected chi connectivity index (χ0v) is 14.0. The summed E-state index contributed by atoms with van der Waals surface area (Å²) in [5.41, 5.74) is 4.06. The third-order valence-corrected chi connectivity index (χ3v) is 4.46. The fourth-order valence-electron chi connectivity index (χ4n) is 2.92. The molecule has 2 heteroatoms. The van der Waals surface area contributed by atoms with Gasteiger partial charge in [0.05, 0.1) is 6.10 Å². The first-order chi connectivity index (χ1) is 11.3. The molecule has 1 fully saturated rings. The number of rotatable bonds is 6. The van der Waals surface area contributed by atoms with Gasteiger partial charge in [0, 0.05) is 6.61 Å². The molecule has 1 aliphatic rings. The molecule has 1 heterocycles. The summed E-state index contributed by atoms with van der Waals surface area (Å²) in [7, 11) is 0. The Morgan fingerprint density at radius 1 is 0.913 bits per heavy atom. The monoisotopic (exact) mass is 310 g/mol. The molecule has 0 aromatic heterocycles. The van der Waals surface area contributed by atoms with Crippen molar-refractivity contribution in [1.82, 2.24) is 0 Å². The van der Waals surface area contributed by atoms with Gasteiger partial charge in [-0.3, -0.25) is 0 Å². The summed E-state index contributed by atoms with van der Waals surface area (Å²) in [5.74, 6) is 0.943. The molecule has 23 heavy (non-hydrogen) atoms. The van der Waals surface area contributed by atoms with Crippen molar-refractivity contribution in [1.29, 1.82) is 0 Å². The van der Waals surface area contributed by atoms with Crippen LogP contribution < -0.4 is 4.74 Å². The van der Waals surface area contributed by atoms with Gasteiger partial charge < -0.3 is 9.47 Å². The van der Waals surface area contributed by atoms with Gasteiger partial charge >= 0.3 is 0 Å². The van der Waals surface area contributed by atoms with Crippen LogP contribution in [0.1, 0.15) is 36.0 Å². The molecule has 1 unspecified atom stereocenters. The third kappa shape index (κ3) is 5.11. The summed E-state index contributed by atoms with van der Waals surface area (Å²) in [6, 6.07) is 17.3. The molecule has 0 bridgehead atoms. The van der Waals surface area contributed by atoms with Crippen LogP contribution in [0.4, 0.5) is 0 Å². The van der Waals surface area contributed by atoms with Crippen LogP contribution in [-0.2, 0) is 17.6 Å². The van der Waals surface area contributed by atoms with Gasteiger partial charge in [-0.1, -0.05) is 42.0 Å². The van der Waals surface area contributed by atoms with E-state index in [1.807, 2.05) is 0 Å². The molecule has 2 aromatic rings. The van der Waals surface area contributed by atoms with Crippen LogP contribution in [0.5, 0.6) is 5.75 Å². The van der Waals surface area contributed by atoms with Crippen molar-refractivity contribution in [2.45, 2.75) is 45.1 Å². The molecule has 0 amide bonds. The summed E-state index contributed by atoms with van der Waals surface area (Å²) >= 11 is 0. The van der Waals surface area contributed by atoms with Gasteiger partial charge in [-0.25, -0.2) is 0 Å². The van der Waals surface area contributed by atoms with E-state index in [0.717, 1.165) is 31.6 Å². The largest absolute Gasteiger partial charge is 0.491 e. The Morgan fingerprint density at radius 2 is 1.57 bits per heavy atom. The summed E-state index contributed by atoms with van der Waals surface area (Å²) in [6.45, 7) is 3.68. The molecule has 3 rings (SSSR count). The first kappa shape index (κ1) is 16.1. The maximum Gasteiger partial charge on any atom is 0.119 e. The normalized spacial score (nSPS) is 17.9. The van der Waals surface area contributed by atoms with Crippen LogP contribution >= 0.6 is 0 Å². The van der Waals surface area contributed by atoms with E-state index in [2.05, 4.69) is 55.5 Å². The highest BCUT2D eigenvalue weighted by molar-refractivity contribution is 5.29. The van der Waals surface area contributed by atoms with Gasteiger partial charge in [-0.05, 0) is 62.3 Å². The second-order valence-electron chi connectivity index (χ2n) is 6.43. The molecule has 0 N–H and O–H groups in total. The number of hydrogen-bond donors (Lipinski definition) is 0. The quantitative estimate of drug-likeness (QED) is 0.768. The van der Waals surface area contributed by atoms with Crippen LogP contribution in [0, 0.1) is 6.92 Å². The lowest BCUT2D eigenvalue weighted by Crippen LogP contribution is -2.25. The van der Waals surface area contributed by atoms with E-state index >= 15 is 0 Å². The van der Waals surface area contributed by atoms with Crippen LogP contribution in [0.25, 0.3) is 0 Å². The molecule has 0 spiro atoms. The van der Waals surface area contributed by atoms with Crippen molar-refractivity contribution < 1.29 is 9.47 Å². The van der Waals surface area contributed by atoms with Crippen molar-refractivity contribution in [3.8, 4) is 5.75 Å². The minimum Gasteiger partial charge on any atom is -0.491 e. The summed E-state index contributed by atoms with van der Waals surface area (Å²) in [4.78, 5) is 0. The molecule has 1 saturated heterocycles. The van der Waals surface area contributed by atoms with Gasteiger partial charge in [-0.2, -0.15) is 0 Å². The second-order valence-corrected chi connectivity index (χ2v) is 6.43. The minimum atomic E-state index is 0.268. The Labute approximate surface area is 139 Å². The fourth-order valence-corrected chi connectivity index (χ4v) is 2.92. The van der Waals surface area contributed by atoms with E-state index in [1.165, 1.54) is 29.5 Å². The Hall–Kier alpha value is -1.80. The number of ether oxygens (including phenoxy) is 2. The van der Waals surface area contributed by atoms with Gasteiger partial charge in [0.15, 0.2) is 0 Å². The summed E-state index contributed by atoms with van der Waals surface area (Å²) < 4.78 is 11.5. The Kier molecular flexibility index (Phi) is 5.71. The van der Waals surface area contributed by atoms with Crippen LogP contribution in [0.3, 0.4) is 0 Å². The van der Waals surface area contributed by atoms with Crippen molar-refractivity contribution >= 4 is 0 Å². The first-order valence-electron chi connectivity index (χ1n) is 8.68. The zero-order chi connectivity index (χ0) is 15.9. The molecule has 1 aliphatic heterocycles. The Balaban J connectivity index is 1.45. The molecule has 2 aromatic carbocycles. The molecular weight excluding hydrogens is 284 g/mol. The third-order valence-electron chi connectivity index (χ3n) is 4.46. The van der Waals surface area contributed by atoms with Gasteiger partial charge in [0.1, 0.15) is 12.4 Å². The lowest BCUT2D eigenvalue weighted by atomic mass is 10.0. The highest BCUT2D eigenvalue weighted by atomic mass is 16.5. The average molecular weight is 310 g/mol. The number of hydrogen-bond acceptors (Lipinski definition) is 2. The zero-order valence-electron chi connectivity index (χ0n) is 14.0. The Bertz CT molecular complexity index is 580. The van der Waals surface area contributed by atoms with Gasteiger partial charge in [0.25, 0.3) is 0 Å². The molecule has 2 nitrogen and oxygen atoms in total. The summed E-state index contributed by atoms with van der Waals surface area (Å²) in [6.07, 6.45) is 5.98. The number of benzene rings is 2. The molecule has 1 atom stereocenters. The van der Waals surface area contributed by atoms with Crippen LogP contribution in [0.2, 0.25) is 0 Å². The van der Waals surface area contributed by atoms with E-state index in [-0.39, 0.29) is 6.10 Å². The molecular formula is C21H26O2. The van der Waals surface area contributed by atoms with Crippen LogP contribution in [0.15, 0.2) is 48.5 Å². The highest BCUT2D eigenvalue weighted by Crippen LogP contribution is 2.17. The maximum absolute atomic E-state index is 5.85. The van der Waals surface area contributed by atoms with Crippen molar-refractivity contribution in [3.63, 3.8) is 0 Å². The van der Waals surface area contributed by atoms with E-state index in [1.54, 1.807) is 0 Å². The van der Waals surface area contributed by atoms with Crippen molar-refractivity contribution in [2.24, 2.45) is 0 Å². The van der Waals surface area contributed by atoms with Crippen LogP contribution in [-0.4, -0.2) is 19.3 Å². The second kappa shape index (κ2) is 8.16. The maximum atomic E-state index is 5.85. The Morgan fingerprint density at radius 3 is 2.17 bits per heavy atom. The lowest BCUT2D eigenvalue weighted by molar-refractivity contribution is -0.0110. The molecule has 0 aliphatic carbocycles. The average Bonchev–Trinajstić information content (AvgIpc) is 2.61. The van der Waals surface area contributed by atoms with Gasteiger partial charge in [0.2, 0.25) is 0 Å². The van der Waals surface area contributed by atoms with E-state index in [4.69, 9.17) is 9.47 Å². The van der Waals surface area contributed by atoms with E-state index < -0.39 is 0 Å². The van der Waals surface area contributed by atoms with Crippen molar-refractivity contribution in [2.75, 3.05) is 13.2 Å². The topological polar surface area (TPSA) is 18.5 Å². The first-order valence-corrected chi connectivity index (χ1v) is 8.68. The standard InChI is InChI=1S/C21H26O2/c1-17-5-7-18(8-6-17)9-10-19-11-13-20(14-12-19)23-16-21-4-2-3-15-22-21/h5-8,11-14,21H,2-4,9-10,15-16H2,1H3. The predicted molar refractivity (Wildman–Crippen MR) is 94.1 cm³/mol. The molecule has 0 radical (unpaired) electrons. The lowest BCUT2D eigenvalue weighted by Gasteiger charge is -2.22. The molecule has 122 valence electrons. The highest BCUT2D eigenvalue weighted by Gasteiger charge is 2.14. The predicted octanol–water partition coefficient (Wildman–Crippen LogP) is 4.73.